The molecule has 3 heteroatoms. The number of hydrogen-bond donors (Lipinski definition) is 1. The summed E-state index contributed by atoms with van der Waals surface area (Å²) in [6, 6.07) is 13.2. The molecule has 0 radical (unpaired) electrons. The van der Waals surface area contributed by atoms with E-state index < -0.39 is 11.9 Å². The van der Waals surface area contributed by atoms with Crippen LogP contribution in [0, 0.1) is 13.8 Å². The van der Waals surface area contributed by atoms with Crippen LogP contribution in [0.3, 0.4) is 0 Å². The second kappa shape index (κ2) is 5.78. The highest BCUT2D eigenvalue weighted by atomic mass is 16.5. The Bertz CT molecular complexity index is 615. The predicted octanol–water partition coefficient (Wildman–Crippen LogP) is 4.28. The van der Waals surface area contributed by atoms with E-state index in [4.69, 9.17) is 9.84 Å². The normalized spacial score (nSPS) is 11.9. The summed E-state index contributed by atoms with van der Waals surface area (Å²) in [5.41, 5.74) is 2.98. The minimum Gasteiger partial charge on any atom is -0.481 e. The lowest BCUT2D eigenvalue weighted by atomic mass is 10.0. The van der Waals surface area contributed by atoms with Gasteiger partial charge < -0.3 is 9.84 Å². The van der Waals surface area contributed by atoms with Gasteiger partial charge in [0.2, 0.25) is 0 Å². The van der Waals surface area contributed by atoms with Gasteiger partial charge in [-0.2, -0.15) is 0 Å². The Labute approximate surface area is 118 Å². The van der Waals surface area contributed by atoms with E-state index in [2.05, 4.69) is 0 Å². The van der Waals surface area contributed by atoms with Gasteiger partial charge in [-0.15, -0.1) is 0 Å². The molecule has 1 unspecified atom stereocenters. The molecule has 0 aliphatic rings. The summed E-state index contributed by atoms with van der Waals surface area (Å²) in [6.07, 6.45) is 0. The lowest BCUT2D eigenvalue weighted by molar-refractivity contribution is -0.138. The molecule has 20 heavy (non-hydrogen) atoms. The highest BCUT2D eigenvalue weighted by molar-refractivity contribution is 5.75. The summed E-state index contributed by atoms with van der Waals surface area (Å²) in [7, 11) is 0. The van der Waals surface area contributed by atoms with Crippen LogP contribution in [0.25, 0.3) is 0 Å². The fourth-order valence-electron chi connectivity index (χ4n) is 1.91. The van der Waals surface area contributed by atoms with E-state index in [9.17, 15) is 4.79 Å². The maximum Gasteiger partial charge on any atom is 0.310 e. The zero-order valence-corrected chi connectivity index (χ0v) is 11.9. The number of carbonyl (C=O) groups is 1. The third-order valence-electron chi connectivity index (χ3n) is 3.32. The third kappa shape index (κ3) is 3.18. The van der Waals surface area contributed by atoms with Gasteiger partial charge >= 0.3 is 5.97 Å². The Morgan fingerprint density at radius 1 is 1.10 bits per heavy atom. The van der Waals surface area contributed by atoms with Gasteiger partial charge in [0.05, 0.1) is 5.92 Å². The molecule has 0 amide bonds. The molecule has 1 N–H and O–H groups in total. The number of carboxylic acids is 1. The number of carboxylic acid groups (broad SMARTS) is 1. The number of aliphatic carboxylic acids is 1. The molecule has 0 spiro atoms. The van der Waals surface area contributed by atoms with Crippen LogP contribution in [-0.2, 0) is 4.79 Å². The minimum absolute atomic E-state index is 0.509. The SMILES string of the molecule is Cc1ccc(C)c(Oc2ccc(C(C)C(=O)O)cc2)c1. The monoisotopic (exact) mass is 270 g/mol. The first-order valence-electron chi connectivity index (χ1n) is 6.55. The van der Waals surface area contributed by atoms with Crippen LogP contribution in [0.5, 0.6) is 11.5 Å². The summed E-state index contributed by atoms with van der Waals surface area (Å²) < 4.78 is 5.84. The van der Waals surface area contributed by atoms with Crippen molar-refractivity contribution in [1.82, 2.24) is 0 Å². The van der Waals surface area contributed by atoms with Gasteiger partial charge in [-0.25, -0.2) is 0 Å². The molecule has 0 aliphatic carbocycles. The molecule has 2 aromatic carbocycles. The van der Waals surface area contributed by atoms with E-state index in [0.29, 0.717) is 5.75 Å². The maximum atomic E-state index is 10.9. The summed E-state index contributed by atoms with van der Waals surface area (Å²) >= 11 is 0. The lowest BCUT2D eigenvalue weighted by Gasteiger charge is -2.11. The number of benzene rings is 2. The molecule has 0 aliphatic heterocycles. The molecule has 1 atom stereocenters. The molecule has 0 heterocycles. The summed E-state index contributed by atoms with van der Waals surface area (Å²) in [4.78, 5) is 10.9. The standard InChI is InChI=1S/C17H18O3/c1-11-4-5-12(2)16(10-11)20-15-8-6-14(7-9-15)13(3)17(18)19/h4-10,13H,1-3H3,(H,18,19). The van der Waals surface area contributed by atoms with E-state index in [-0.39, 0.29) is 0 Å². The molecular weight excluding hydrogens is 252 g/mol. The average Bonchev–Trinajstić information content (AvgIpc) is 2.43. The van der Waals surface area contributed by atoms with Crippen molar-refractivity contribution in [1.29, 1.82) is 0 Å². The van der Waals surface area contributed by atoms with Crippen LogP contribution in [0.2, 0.25) is 0 Å². The van der Waals surface area contributed by atoms with Crippen molar-refractivity contribution in [3.8, 4) is 11.5 Å². The van der Waals surface area contributed by atoms with Crippen LogP contribution in [0.1, 0.15) is 29.5 Å². The number of hydrogen-bond acceptors (Lipinski definition) is 2. The Balaban J connectivity index is 2.19. The maximum absolute atomic E-state index is 10.9. The van der Waals surface area contributed by atoms with Crippen LogP contribution in [0.15, 0.2) is 42.5 Å². The quantitative estimate of drug-likeness (QED) is 0.901. The highest BCUT2D eigenvalue weighted by Crippen LogP contribution is 2.27. The lowest BCUT2D eigenvalue weighted by Crippen LogP contribution is -2.06. The Morgan fingerprint density at radius 3 is 2.35 bits per heavy atom. The van der Waals surface area contributed by atoms with E-state index in [1.165, 1.54) is 0 Å². The van der Waals surface area contributed by atoms with Gasteiger partial charge in [0.25, 0.3) is 0 Å². The highest BCUT2D eigenvalue weighted by Gasteiger charge is 2.13. The molecule has 2 aromatic rings. The van der Waals surface area contributed by atoms with Gasteiger partial charge in [-0.1, -0.05) is 24.3 Å². The number of rotatable bonds is 4. The van der Waals surface area contributed by atoms with Crippen molar-refractivity contribution in [2.75, 3.05) is 0 Å². The van der Waals surface area contributed by atoms with Crippen molar-refractivity contribution in [2.24, 2.45) is 0 Å². The average molecular weight is 270 g/mol. The van der Waals surface area contributed by atoms with E-state index in [1.807, 2.05) is 32.0 Å². The third-order valence-corrected chi connectivity index (χ3v) is 3.32. The topological polar surface area (TPSA) is 46.5 Å². The zero-order chi connectivity index (χ0) is 14.7. The Hall–Kier alpha value is -2.29. The van der Waals surface area contributed by atoms with Crippen LogP contribution >= 0.6 is 0 Å². The van der Waals surface area contributed by atoms with Gasteiger partial charge in [0.1, 0.15) is 11.5 Å². The van der Waals surface area contributed by atoms with Crippen LogP contribution < -0.4 is 4.74 Å². The molecule has 0 aromatic heterocycles. The molecule has 0 saturated heterocycles. The van der Waals surface area contributed by atoms with Crippen molar-refractivity contribution in [3.05, 3.63) is 59.2 Å². The molecule has 104 valence electrons. The molecule has 0 fully saturated rings. The summed E-state index contributed by atoms with van der Waals surface area (Å²) in [5, 5.41) is 8.98. The smallest absolute Gasteiger partial charge is 0.310 e. The van der Waals surface area contributed by atoms with Gasteiger partial charge in [-0.05, 0) is 55.7 Å². The molecule has 3 nitrogen and oxygen atoms in total. The Morgan fingerprint density at radius 2 is 1.75 bits per heavy atom. The fourth-order valence-corrected chi connectivity index (χ4v) is 1.91. The van der Waals surface area contributed by atoms with Crippen LogP contribution in [-0.4, -0.2) is 11.1 Å². The Kier molecular flexibility index (Phi) is 4.08. The molecule has 0 bridgehead atoms. The second-order valence-corrected chi connectivity index (χ2v) is 5.00. The fraction of sp³-hybridized carbons (Fsp3) is 0.235. The number of aryl methyl sites for hydroxylation is 2. The largest absolute Gasteiger partial charge is 0.481 e. The summed E-state index contributed by atoms with van der Waals surface area (Å²) in [5.74, 6) is 0.196. The molecule has 0 saturated carbocycles. The first-order valence-corrected chi connectivity index (χ1v) is 6.55. The molecular formula is C17H18O3. The minimum atomic E-state index is -0.826. The van der Waals surface area contributed by atoms with Crippen molar-refractivity contribution >= 4 is 5.97 Å². The van der Waals surface area contributed by atoms with Gasteiger partial charge in [0.15, 0.2) is 0 Å². The second-order valence-electron chi connectivity index (χ2n) is 5.00. The number of ether oxygens (including phenoxy) is 1. The first-order chi connectivity index (χ1) is 9.47. The van der Waals surface area contributed by atoms with E-state index in [1.54, 1.807) is 31.2 Å². The molecule has 2 rings (SSSR count). The van der Waals surface area contributed by atoms with Crippen molar-refractivity contribution < 1.29 is 14.6 Å². The zero-order valence-electron chi connectivity index (χ0n) is 11.9. The van der Waals surface area contributed by atoms with Gasteiger partial charge in [-0.3, -0.25) is 4.79 Å². The summed E-state index contributed by atoms with van der Waals surface area (Å²) in [6.45, 7) is 5.68. The predicted molar refractivity (Wildman–Crippen MR) is 78.5 cm³/mol. The van der Waals surface area contributed by atoms with Crippen LogP contribution in [0.4, 0.5) is 0 Å². The van der Waals surface area contributed by atoms with Crippen molar-refractivity contribution in [2.45, 2.75) is 26.7 Å². The van der Waals surface area contributed by atoms with E-state index in [0.717, 1.165) is 22.4 Å². The first kappa shape index (κ1) is 14.1. The van der Waals surface area contributed by atoms with E-state index >= 15 is 0 Å². The van der Waals surface area contributed by atoms with Gasteiger partial charge in [0, 0.05) is 0 Å². The van der Waals surface area contributed by atoms with Crippen molar-refractivity contribution in [3.63, 3.8) is 0 Å².